The van der Waals surface area contributed by atoms with Crippen molar-refractivity contribution in [3.63, 3.8) is 0 Å². The van der Waals surface area contributed by atoms with Crippen LogP contribution in [0.5, 0.6) is 11.5 Å². The van der Waals surface area contributed by atoms with Crippen molar-refractivity contribution in [3.8, 4) is 11.5 Å². The Labute approximate surface area is 222 Å². The largest absolute Gasteiger partial charge is 0.497 e. The molecule has 3 aliphatic rings. The third-order valence-corrected chi connectivity index (χ3v) is 8.54. The van der Waals surface area contributed by atoms with Crippen LogP contribution >= 0.6 is 0 Å². The molecule has 3 amide bonds. The molecular weight excluding hydrogens is 482 g/mol. The van der Waals surface area contributed by atoms with Gasteiger partial charge in [-0.15, -0.1) is 0 Å². The van der Waals surface area contributed by atoms with Gasteiger partial charge >= 0.3 is 6.03 Å². The van der Waals surface area contributed by atoms with Crippen molar-refractivity contribution in [1.82, 2.24) is 14.7 Å². The predicted octanol–water partition coefficient (Wildman–Crippen LogP) is 5.13. The fourth-order valence-electron chi connectivity index (χ4n) is 6.56. The van der Waals surface area contributed by atoms with Crippen molar-refractivity contribution in [1.29, 1.82) is 0 Å². The van der Waals surface area contributed by atoms with Gasteiger partial charge in [-0.3, -0.25) is 9.69 Å². The van der Waals surface area contributed by atoms with Gasteiger partial charge in [0.1, 0.15) is 17.1 Å². The van der Waals surface area contributed by atoms with Gasteiger partial charge in [0.2, 0.25) is 0 Å². The summed E-state index contributed by atoms with van der Waals surface area (Å²) in [6.45, 7) is 6.14. The molecule has 3 aromatic rings. The molecule has 3 aliphatic heterocycles. The minimum absolute atomic E-state index is 0.0151. The highest BCUT2D eigenvalue weighted by Crippen LogP contribution is 2.47. The average Bonchev–Trinajstić information content (AvgIpc) is 3.28. The van der Waals surface area contributed by atoms with Gasteiger partial charge in [0.15, 0.2) is 5.76 Å². The topological polar surface area (TPSA) is 75.5 Å². The zero-order chi connectivity index (χ0) is 26.6. The molecule has 6 rings (SSSR count). The third kappa shape index (κ3) is 3.50. The van der Waals surface area contributed by atoms with Gasteiger partial charge in [-0.2, -0.15) is 0 Å². The SMILES string of the molecule is CCN1C(=O)N2Cc3cc(OC)cc(OC)c3CC=C2C12CCN(C(=O)c1oc3ccccc3c1C)CC2. The van der Waals surface area contributed by atoms with Crippen LogP contribution in [0.3, 0.4) is 0 Å². The van der Waals surface area contributed by atoms with Gasteiger partial charge in [0.05, 0.1) is 26.3 Å². The minimum Gasteiger partial charge on any atom is -0.497 e. The number of fused-ring (bicyclic) bond motifs is 4. The molecule has 0 radical (unpaired) electrons. The smallest absolute Gasteiger partial charge is 0.325 e. The van der Waals surface area contributed by atoms with Gasteiger partial charge in [0, 0.05) is 47.9 Å². The number of hydrogen-bond donors (Lipinski definition) is 0. The van der Waals surface area contributed by atoms with Crippen LogP contribution in [-0.2, 0) is 13.0 Å². The van der Waals surface area contributed by atoms with E-state index in [1.807, 2.05) is 64.9 Å². The van der Waals surface area contributed by atoms with Crippen LogP contribution in [0.1, 0.15) is 47.0 Å². The number of carbonyl (C=O) groups excluding carboxylic acids is 2. The van der Waals surface area contributed by atoms with E-state index < -0.39 is 5.54 Å². The van der Waals surface area contributed by atoms with Crippen LogP contribution in [0, 0.1) is 6.92 Å². The van der Waals surface area contributed by atoms with Crippen molar-refractivity contribution >= 4 is 22.9 Å². The summed E-state index contributed by atoms with van der Waals surface area (Å²) in [5.74, 6) is 1.80. The maximum atomic E-state index is 13.7. The molecular formula is C30H33N3O5. The summed E-state index contributed by atoms with van der Waals surface area (Å²) < 4.78 is 17.1. The second-order valence-electron chi connectivity index (χ2n) is 10.2. The van der Waals surface area contributed by atoms with E-state index in [9.17, 15) is 9.59 Å². The van der Waals surface area contributed by atoms with E-state index in [2.05, 4.69) is 6.08 Å². The quantitative estimate of drug-likeness (QED) is 0.482. The number of hydrogen-bond acceptors (Lipinski definition) is 5. The van der Waals surface area contributed by atoms with E-state index in [0.29, 0.717) is 57.0 Å². The van der Waals surface area contributed by atoms with E-state index in [0.717, 1.165) is 39.1 Å². The molecule has 8 nitrogen and oxygen atoms in total. The van der Waals surface area contributed by atoms with Crippen molar-refractivity contribution in [2.45, 2.75) is 45.2 Å². The summed E-state index contributed by atoms with van der Waals surface area (Å²) in [5, 5.41) is 0.966. The number of benzene rings is 2. The van der Waals surface area contributed by atoms with Gasteiger partial charge in [0.25, 0.3) is 5.91 Å². The van der Waals surface area contributed by atoms with Crippen LogP contribution in [0.15, 0.2) is 52.6 Å². The summed E-state index contributed by atoms with van der Waals surface area (Å²) in [7, 11) is 3.30. The summed E-state index contributed by atoms with van der Waals surface area (Å²) in [4.78, 5) is 33.1. The number of piperidine rings is 1. The van der Waals surface area contributed by atoms with Crippen LogP contribution in [0.2, 0.25) is 0 Å². The maximum Gasteiger partial charge on any atom is 0.325 e. The Balaban J connectivity index is 1.30. The first-order valence-corrected chi connectivity index (χ1v) is 13.2. The Kier molecular flexibility index (Phi) is 5.85. The van der Waals surface area contributed by atoms with E-state index in [-0.39, 0.29) is 11.9 Å². The molecule has 1 aromatic heterocycles. The molecule has 198 valence electrons. The molecule has 0 atom stereocenters. The zero-order valence-corrected chi connectivity index (χ0v) is 22.4. The van der Waals surface area contributed by atoms with E-state index in [1.165, 1.54) is 0 Å². The number of para-hydroxylation sites is 1. The summed E-state index contributed by atoms with van der Waals surface area (Å²) in [6, 6.07) is 11.7. The Morgan fingerprint density at radius 1 is 1.11 bits per heavy atom. The lowest BCUT2D eigenvalue weighted by Gasteiger charge is -2.44. The number of aryl methyl sites for hydroxylation is 1. The van der Waals surface area contributed by atoms with Crippen molar-refractivity contribution in [2.75, 3.05) is 33.9 Å². The van der Waals surface area contributed by atoms with Crippen LogP contribution in [0.25, 0.3) is 11.0 Å². The third-order valence-electron chi connectivity index (χ3n) is 8.54. The Morgan fingerprint density at radius 2 is 1.87 bits per heavy atom. The zero-order valence-electron chi connectivity index (χ0n) is 22.4. The summed E-state index contributed by atoms with van der Waals surface area (Å²) in [6.07, 6.45) is 4.21. The normalized spacial score (nSPS) is 18.4. The lowest BCUT2D eigenvalue weighted by molar-refractivity contribution is 0.0549. The highest BCUT2D eigenvalue weighted by Gasteiger charge is 2.55. The first-order valence-electron chi connectivity index (χ1n) is 13.2. The molecule has 8 heteroatoms. The fourth-order valence-corrected chi connectivity index (χ4v) is 6.56. The van der Waals surface area contributed by atoms with Crippen molar-refractivity contribution in [3.05, 3.63) is 70.6 Å². The van der Waals surface area contributed by atoms with E-state index >= 15 is 0 Å². The first-order chi connectivity index (χ1) is 18.4. The highest BCUT2D eigenvalue weighted by atomic mass is 16.5. The van der Waals surface area contributed by atoms with E-state index in [4.69, 9.17) is 13.9 Å². The predicted molar refractivity (Wildman–Crippen MR) is 143 cm³/mol. The second kappa shape index (κ2) is 9.11. The first kappa shape index (κ1) is 24.4. The van der Waals surface area contributed by atoms with Crippen LogP contribution in [-0.4, -0.2) is 66.0 Å². The summed E-state index contributed by atoms with van der Waals surface area (Å²) in [5.41, 5.74) is 4.30. The number of furan rings is 1. The average molecular weight is 516 g/mol. The Morgan fingerprint density at radius 3 is 2.55 bits per heavy atom. The van der Waals surface area contributed by atoms with Crippen LogP contribution in [0.4, 0.5) is 4.79 Å². The maximum absolute atomic E-state index is 13.7. The summed E-state index contributed by atoms with van der Waals surface area (Å²) >= 11 is 0. The number of carbonyl (C=O) groups is 2. The number of ether oxygens (including phenoxy) is 2. The highest BCUT2D eigenvalue weighted by molar-refractivity contribution is 5.99. The van der Waals surface area contributed by atoms with Gasteiger partial charge in [-0.05, 0) is 50.8 Å². The number of rotatable bonds is 4. The molecule has 38 heavy (non-hydrogen) atoms. The van der Waals surface area contributed by atoms with Crippen molar-refractivity contribution < 1.29 is 23.5 Å². The molecule has 0 aliphatic carbocycles. The number of urea groups is 1. The molecule has 1 spiro atoms. The number of allylic oxidation sites excluding steroid dienone is 1. The molecule has 0 unspecified atom stereocenters. The second-order valence-corrected chi connectivity index (χ2v) is 10.2. The number of methoxy groups -OCH3 is 2. The van der Waals surface area contributed by atoms with Gasteiger partial charge in [-0.1, -0.05) is 24.3 Å². The van der Waals surface area contributed by atoms with Gasteiger partial charge < -0.3 is 23.7 Å². The lowest BCUT2D eigenvalue weighted by atomic mass is 9.83. The molecule has 0 N–H and O–H groups in total. The molecule has 2 fully saturated rings. The molecule has 0 saturated carbocycles. The molecule has 2 aromatic carbocycles. The monoisotopic (exact) mass is 515 g/mol. The molecule has 0 bridgehead atoms. The van der Waals surface area contributed by atoms with Gasteiger partial charge in [-0.25, -0.2) is 4.79 Å². The number of amides is 3. The minimum atomic E-state index is -0.440. The molecule has 2 saturated heterocycles. The lowest BCUT2D eigenvalue weighted by Crippen LogP contribution is -2.54. The fraction of sp³-hybridized carbons (Fsp3) is 0.400. The number of likely N-dealkylation sites (N-methyl/N-ethyl adjacent to an activating group) is 1. The standard InChI is InChI=1S/C30H33N3O5/c1-5-33-29(35)32-18-20-16-21(36-3)17-25(37-4)23(20)10-11-26(32)30(33)12-14-31(15-13-30)28(34)27-19(2)22-8-6-7-9-24(22)38-27/h6-9,11,16-17H,5,10,12-15,18H2,1-4H3. The molecule has 4 heterocycles. The number of likely N-dealkylation sites (tertiary alicyclic amines) is 1. The van der Waals surface area contributed by atoms with E-state index in [1.54, 1.807) is 14.2 Å². The Hall–Kier alpha value is -3.94. The Bertz CT molecular complexity index is 1460. The van der Waals surface area contributed by atoms with Crippen molar-refractivity contribution in [2.24, 2.45) is 0 Å². The number of nitrogens with zero attached hydrogens (tertiary/aromatic N) is 3. The van der Waals surface area contributed by atoms with Crippen LogP contribution < -0.4 is 9.47 Å².